The topological polar surface area (TPSA) is 132 Å². The Hall–Kier alpha value is -3.95. The molecule has 2 aromatic carbocycles. The number of fused-ring (bicyclic) bond motifs is 2. The van der Waals surface area contributed by atoms with Gasteiger partial charge in [-0.15, -0.1) is 0 Å². The number of carboxylic acids is 1. The van der Waals surface area contributed by atoms with E-state index in [9.17, 15) is 19.8 Å². The van der Waals surface area contributed by atoms with Crippen LogP contribution in [0.2, 0.25) is 0 Å². The maximum absolute atomic E-state index is 12.3. The van der Waals surface area contributed by atoms with Gasteiger partial charge in [0.05, 0.1) is 5.56 Å². The zero-order valence-electron chi connectivity index (χ0n) is 20.8. The van der Waals surface area contributed by atoms with Crippen LogP contribution in [-0.2, 0) is 0 Å². The van der Waals surface area contributed by atoms with Gasteiger partial charge in [0.2, 0.25) is 0 Å². The van der Waals surface area contributed by atoms with Gasteiger partial charge >= 0.3 is 5.97 Å². The number of rotatable bonds is 11. The molecule has 1 aliphatic heterocycles. The van der Waals surface area contributed by atoms with Crippen molar-refractivity contribution >= 4 is 40.0 Å². The Balaban J connectivity index is 1.57. The molecular formula is C29H30N2O6S. The van der Waals surface area contributed by atoms with Crippen molar-refractivity contribution in [3.05, 3.63) is 70.4 Å². The molecule has 0 saturated heterocycles. The van der Waals surface area contributed by atoms with Gasteiger partial charge in [0.25, 0.3) is 0 Å². The molecular weight excluding hydrogens is 504 g/mol. The predicted octanol–water partition coefficient (Wildman–Crippen LogP) is 5.59. The molecule has 9 heteroatoms. The molecule has 0 amide bonds. The predicted molar refractivity (Wildman–Crippen MR) is 152 cm³/mol. The number of phenolic OH excluding ortho intramolecular Hbond substituents is 1. The molecule has 5 N–H and O–H groups in total. The molecule has 1 heterocycles. The maximum Gasteiger partial charge on any atom is 0.336 e. The van der Waals surface area contributed by atoms with E-state index in [-0.39, 0.29) is 23.3 Å². The normalized spacial score (nSPS) is 11.1. The molecule has 8 nitrogen and oxygen atoms in total. The van der Waals surface area contributed by atoms with Crippen molar-refractivity contribution in [2.45, 2.75) is 38.5 Å². The Labute approximate surface area is 225 Å². The van der Waals surface area contributed by atoms with Gasteiger partial charge in [-0.3, -0.25) is 4.79 Å². The minimum absolute atomic E-state index is 0.00876. The SMILES string of the molecule is O=C(O)c1cc(NC(=S)NCCCCCCCCO)ccc1-c1c2ccc(=O)cc-2oc2cc(O)ccc12. The highest BCUT2D eigenvalue weighted by Gasteiger charge is 2.22. The summed E-state index contributed by atoms with van der Waals surface area (Å²) in [7, 11) is 0. The highest BCUT2D eigenvalue weighted by molar-refractivity contribution is 7.80. The number of unbranched alkanes of at least 4 members (excludes halogenated alkanes) is 5. The molecule has 0 unspecified atom stereocenters. The van der Waals surface area contributed by atoms with E-state index in [1.54, 1.807) is 24.3 Å². The number of phenols is 1. The number of hydrogen-bond acceptors (Lipinski definition) is 6. The number of aliphatic hydroxyl groups excluding tert-OH is 1. The molecule has 0 aromatic heterocycles. The summed E-state index contributed by atoms with van der Waals surface area (Å²) in [5.74, 6) is -0.835. The Morgan fingerprint density at radius 2 is 1.63 bits per heavy atom. The maximum atomic E-state index is 12.3. The first-order valence-electron chi connectivity index (χ1n) is 12.6. The molecule has 0 spiro atoms. The second-order valence-corrected chi connectivity index (χ2v) is 9.52. The molecule has 0 atom stereocenters. The number of hydrogen-bond donors (Lipinski definition) is 5. The number of nitrogens with one attached hydrogen (secondary N) is 2. The van der Waals surface area contributed by atoms with E-state index < -0.39 is 5.97 Å². The summed E-state index contributed by atoms with van der Waals surface area (Å²) in [6.07, 6.45) is 6.12. The third-order valence-corrected chi connectivity index (χ3v) is 6.57. The van der Waals surface area contributed by atoms with Crippen LogP contribution in [0.5, 0.6) is 5.75 Å². The summed E-state index contributed by atoms with van der Waals surface area (Å²) in [5, 5.41) is 36.1. The van der Waals surface area contributed by atoms with Crippen LogP contribution in [0.4, 0.5) is 5.69 Å². The average molecular weight is 535 g/mol. The fourth-order valence-corrected chi connectivity index (χ4v) is 4.71. The van der Waals surface area contributed by atoms with Gasteiger partial charge < -0.3 is 30.4 Å². The Morgan fingerprint density at radius 3 is 2.39 bits per heavy atom. The zero-order chi connectivity index (χ0) is 27.1. The zero-order valence-corrected chi connectivity index (χ0v) is 21.6. The van der Waals surface area contributed by atoms with Crippen LogP contribution in [0.15, 0.2) is 63.8 Å². The second kappa shape index (κ2) is 12.5. The van der Waals surface area contributed by atoms with Crippen molar-refractivity contribution < 1.29 is 24.5 Å². The van der Waals surface area contributed by atoms with Crippen LogP contribution in [-0.4, -0.2) is 39.6 Å². The Kier molecular flexibility index (Phi) is 8.93. The number of carbonyl (C=O) groups is 1. The van der Waals surface area contributed by atoms with Crippen LogP contribution in [0, 0.1) is 0 Å². The van der Waals surface area contributed by atoms with Gasteiger partial charge in [0.15, 0.2) is 10.5 Å². The highest BCUT2D eigenvalue weighted by Crippen LogP contribution is 2.42. The van der Waals surface area contributed by atoms with Crippen LogP contribution in [0.25, 0.3) is 33.4 Å². The first-order chi connectivity index (χ1) is 18.4. The summed E-state index contributed by atoms with van der Waals surface area (Å²) in [6.45, 7) is 0.947. The minimum Gasteiger partial charge on any atom is -0.508 e. The standard InChI is InChI=1S/C29H30N2O6S/c32-14-6-4-2-1-3-5-13-30-29(38)31-18-7-10-21(24(15-18)28(35)36)27-22-11-8-19(33)16-25(22)37-26-17-20(34)9-12-23(26)27/h7-12,15-17,32-33H,1-6,13-14H2,(H,35,36)(H2,30,31,38). The van der Waals surface area contributed by atoms with Crippen LogP contribution in [0.1, 0.15) is 48.9 Å². The van der Waals surface area contributed by atoms with Crippen molar-refractivity contribution in [2.75, 3.05) is 18.5 Å². The molecule has 0 saturated carbocycles. The molecule has 0 fully saturated rings. The first-order valence-corrected chi connectivity index (χ1v) is 13.0. The summed E-state index contributed by atoms with van der Waals surface area (Å²) >= 11 is 5.39. The molecule has 2 aromatic rings. The summed E-state index contributed by atoms with van der Waals surface area (Å²) in [5.41, 5.74) is 2.28. The third-order valence-electron chi connectivity index (χ3n) is 6.32. The quantitative estimate of drug-likeness (QED) is 0.0949. The van der Waals surface area contributed by atoms with Crippen molar-refractivity contribution in [3.63, 3.8) is 0 Å². The number of aliphatic hydroxyl groups is 1. The molecule has 4 rings (SSSR count). The number of aromatic hydroxyl groups is 1. The molecule has 0 bridgehead atoms. The third kappa shape index (κ3) is 6.48. The van der Waals surface area contributed by atoms with E-state index in [1.807, 2.05) is 0 Å². The van der Waals surface area contributed by atoms with Gasteiger partial charge in [-0.05, 0) is 67.0 Å². The number of aromatic carboxylic acids is 1. The lowest BCUT2D eigenvalue weighted by Crippen LogP contribution is -2.29. The number of anilines is 1. The van der Waals surface area contributed by atoms with E-state index in [1.165, 1.54) is 30.3 Å². The largest absolute Gasteiger partial charge is 0.508 e. The lowest BCUT2D eigenvalue weighted by Gasteiger charge is -2.18. The van der Waals surface area contributed by atoms with E-state index in [4.69, 9.17) is 21.7 Å². The van der Waals surface area contributed by atoms with Crippen molar-refractivity contribution in [2.24, 2.45) is 0 Å². The smallest absolute Gasteiger partial charge is 0.336 e. The van der Waals surface area contributed by atoms with Gasteiger partial charge in [-0.1, -0.05) is 31.7 Å². The number of thiocarbonyl (C=S) groups is 1. The molecule has 2 aliphatic rings. The van der Waals surface area contributed by atoms with Crippen LogP contribution < -0.4 is 16.1 Å². The van der Waals surface area contributed by atoms with Crippen LogP contribution >= 0.6 is 12.2 Å². The van der Waals surface area contributed by atoms with Crippen molar-refractivity contribution in [1.82, 2.24) is 5.32 Å². The second-order valence-electron chi connectivity index (χ2n) is 9.11. The van der Waals surface area contributed by atoms with E-state index in [0.717, 1.165) is 38.5 Å². The van der Waals surface area contributed by atoms with Gasteiger partial charge in [0.1, 0.15) is 17.1 Å². The fourth-order valence-electron chi connectivity index (χ4n) is 4.49. The van der Waals surface area contributed by atoms with E-state index in [0.29, 0.717) is 50.8 Å². The first kappa shape index (κ1) is 27.1. The van der Waals surface area contributed by atoms with Crippen LogP contribution in [0.3, 0.4) is 0 Å². The average Bonchev–Trinajstić information content (AvgIpc) is 2.88. The van der Waals surface area contributed by atoms with Crippen molar-refractivity contribution in [3.8, 4) is 28.2 Å². The van der Waals surface area contributed by atoms with Gasteiger partial charge in [-0.2, -0.15) is 0 Å². The van der Waals surface area contributed by atoms with Gasteiger partial charge in [0, 0.05) is 47.5 Å². The van der Waals surface area contributed by atoms with Gasteiger partial charge in [-0.25, -0.2) is 4.79 Å². The molecule has 38 heavy (non-hydrogen) atoms. The molecule has 1 aliphatic carbocycles. The number of benzene rings is 3. The van der Waals surface area contributed by atoms with E-state index >= 15 is 0 Å². The molecule has 0 radical (unpaired) electrons. The van der Waals surface area contributed by atoms with Crippen molar-refractivity contribution in [1.29, 1.82) is 0 Å². The molecule has 198 valence electrons. The van der Waals surface area contributed by atoms with E-state index in [2.05, 4.69) is 10.6 Å². The summed E-state index contributed by atoms with van der Waals surface area (Å²) < 4.78 is 5.87. The minimum atomic E-state index is -1.12. The Bertz CT molecular complexity index is 1480. The lowest BCUT2D eigenvalue weighted by molar-refractivity contribution is 0.0697. The fraction of sp³-hybridized carbons (Fsp3) is 0.276. The summed E-state index contributed by atoms with van der Waals surface area (Å²) in [4.78, 5) is 24.3. The lowest BCUT2D eigenvalue weighted by atomic mass is 9.90. The Morgan fingerprint density at radius 1 is 0.895 bits per heavy atom. The highest BCUT2D eigenvalue weighted by atomic mass is 32.1. The summed E-state index contributed by atoms with van der Waals surface area (Å²) in [6, 6.07) is 14.0. The number of carboxylic acid groups (broad SMARTS) is 1. The monoisotopic (exact) mass is 534 g/mol.